The van der Waals surface area contributed by atoms with Gasteiger partial charge in [-0.15, -0.1) is 0 Å². The molecule has 0 saturated carbocycles. The lowest BCUT2D eigenvalue weighted by Crippen LogP contribution is -2.24. The Balaban J connectivity index is 1.90. The standard InChI is InChI=1S/C22H27NO2/c1-5-18-6-11-20(12-7-18)17(4)23-22(24)15-10-19-8-13-21(14-9-19)25-16(2)3/h6-17H,5H2,1-4H3,(H,23,24)/b15-10+. The van der Waals surface area contributed by atoms with Crippen LogP contribution in [-0.4, -0.2) is 12.0 Å². The van der Waals surface area contributed by atoms with Crippen molar-refractivity contribution in [1.29, 1.82) is 0 Å². The molecule has 1 N–H and O–H groups in total. The van der Waals surface area contributed by atoms with Gasteiger partial charge >= 0.3 is 0 Å². The molecule has 132 valence electrons. The van der Waals surface area contributed by atoms with E-state index in [0.29, 0.717) is 0 Å². The molecule has 1 atom stereocenters. The molecule has 2 aromatic rings. The highest BCUT2D eigenvalue weighted by Gasteiger charge is 2.07. The first-order valence-electron chi connectivity index (χ1n) is 8.82. The highest BCUT2D eigenvalue weighted by Crippen LogP contribution is 2.16. The van der Waals surface area contributed by atoms with E-state index >= 15 is 0 Å². The number of hydrogen-bond acceptors (Lipinski definition) is 2. The van der Waals surface area contributed by atoms with Crippen molar-refractivity contribution >= 4 is 12.0 Å². The summed E-state index contributed by atoms with van der Waals surface area (Å²) < 4.78 is 5.61. The van der Waals surface area contributed by atoms with Gasteiger partial charge in [-0.05, 0) is 62.1 Å². The van der Waals surface area contributed by atoms with E-state index in [4.69, 9.17) is 4.74 Å². The van der Waals surface area contributed by atoms with Gasteiger partial charge in [-0.25, -0.2) is 0 Å². The van der Waals surface area contributed by atoms with Crippen molar-refractivity contribution < 1.29 is 9.53 Å². The molecule has 0 bridgehead atoms. The van der Waals surface area contributed by atoms with Gasteiger partial charge in [0.15, 0.2) is 0 Å². The maximum absolute atomic E-state index is 12.1. The monoisotopic (exact) mass is 337 g/mol. The van der Waals surface area contributed by atoms with Crippen LogP contribution in [0.1, 0.15) is 50.4 Å². The SMILES string of the molecule is CCc1ccc(C(C)NC(=O)/C=C/c2ccc(OC(C)C)cc2)cc1. The zero-order chi connectivity index (χ0) is 18.2. The minimum atomic E-state index is -0.102. The van der Waals surface area contributed by atoms with E-state index in [2.05, 4.69) is 36.5 Å². The van der Waals surface area contributed by atoms with Gasteiger partial charge in [0.2, 0.25) is 5.91 Å². The largest absolute Gasteiger partial charge is 0.491 e. The Kier molecular flexibility index (Phi) is 6.81. The van der Waals surface area contributed by atoms with E-state index in [0.717, 1.165) is 23.3 Å². The van der Waals surface area contributed by atoms with E-state index in [1.54, 1.807) is 12.2 Å². The summed E-state index contributed by atoms with van der Waals surface area (Å²) in [4.78, 5) is 12.1. The molecule has 0 fully saturated rings. The lowest BCUT2D eigenvalue weighted by atomic mass is 10.0. The Morgan fingerprint density at radius 3 is 2.24 bits per heavy atom. The van der Waals surface area contributed by atoms with Crippen LogP contribution in [0, 0.1) is 0 Å². The Bertz CT molecular complexity index is 700. The van der Waals surface area contributed by atoms with Gasteiger partial charge in [-0.2, -0.15) is 0 Å². The van der Waals surface area contributed by atoms with Gasteiger partial charge in [0, 0.05) is 6.08 Å². The second-order valence-electron chi connectivity index (χ2n) is 6.39. The fourth-order valence-corrected chi connectivity index (χ4v) is 2.49. The van der Waals surface area contributed by atoms with Gasteiger partial charge in [0.05, 0.1) is 12.1 Å². The molecule has 25 heavy (non-hydrogen) atoms. The minimum Gasteiger partial charge on any atom is -0.491 e. The molecule has 0 saturated heterocycles. The van der Waals surface area contributed by atoms with E-state index < -0.39 is 0 Å². The Morgan fingerprint density at radius 2 is 1.68 bits per heavy atom. The summed E-state index contributed by atoms with van der Waals surface area (Å²) >= 11 is 0. The number of ether oxygens (including phenoxy) is 1. The number of nitrogens with one attached hydrogen (secondary N) is 1. The van der Waals surface area contributed by atoms with Crippen LogP contribution in [0.4, 0.5) is 0 Å². The second kappa shape index (κ2) is 9.07. The van der Waals surface area contributed by atoms with Crippen LogP contribution >= 0.6 is 0 Å². The summed E-state index contributed by atoms with van der Waals surface area (Å²) in [5.41, 5.74) is 3.37. The van der Waals surface area contributed by atoms with Crippen LogP contribution in [0.3, 0.4) is 0 Å². The summed E-state index contributed by atoms with van der Waals surface area (Å²) in [6, 6.07) is 16.0. The normalized spacial score (nSPS) is 12.4. The van der Waals surface area contributed by atoms with Gasteiger partial charge in [0.1, 0.15) is 5.75 Å². The Labute approximate surface area is 150 Å². The van der Waals surface area contributed by atoms with Crippen LogP contribution in [0.2, 0.25) is 0 Å². The third kappa shape index (κ3) is 6.11. The van der Waals surface area contributed by atoms with Crippen LogP contribution in [0.5, 0.6) is 5.75 Å². The Hall–Kier alpha value is -2.55. The molecular formula is C22H27NO2. The zero-order valence-electron chi connectivity index (χ0n) is 15.5. The van der Waals surface area contributed by atoms with E-state index in [9.17, 15) is 4.79 Å². The quantitative estimate of drug-likeness (QED) is 0.728. The van der Waals surface area contributed by atoms with Gasteiger partial charge in [-0.3, -0.25) is 4.79 Å². The topological polar surface area (TPSA) is 38.3 Å². The summed E-state index contributed by atoms with van der Waals surface area (Å²) in [5.74, 6) is 0.732. The molecule has 0 radical (unpaired) electrons. The lowest BCUT2D eigenvalue weighted by Gasteiger charge is -2.13. The molecule has 0 aliphatic heterocycles. The zero-order valence-corrected chi connectivity index (χ0v) is 15.5. The van der Waals surface area contributed by atoms with Crippen LogP contribution < -0.4 is 10.1 Å². The predicted octanol–water partition coefficient (Wildman–Crippen LogP) is 4.93. The number of hydrogen-bond donors (Lipinski definition) is 1. The first-order chi connectivity index (χ1) is 12.0. The summed E-state index contributed by atoms with van der Waals surface area (Å²) in [6.07, 6.45) is 4.54. The van der Waals surface area contributed by atoms with E-state index in [1.807, 2.05) is 45.0 Å². The van der Waals surface area contributed by atoms with Crippen molar-refractivity contribution in [2.75, 3.05) is 0 Å². The van der Waals surface area contributed by atoms with Crippen molar-refractivity contribution in [3.8, 4) is 5.75 Å². The average molecular weight is 337 g/mol. The van der Waals surface area contributed by atoms with Crippen molar-refractivity contribution in [2.45, 2.75) is 46.3 Å². The number of benzene rings is 2. The van der Waals surface area contributed by atoms with Crippen LogP contribution in [0.15, 0.2) is 54.6 Å². The molecular weight excluding hydrogens is 310 g/mol. The third-order valence-corrected chi connectivity index (χ3v) is 3.93. The maximum atomic E-state index is 12.1. The van der Waals surface area contributed by atoms with Crippen LogP contribution in [0.25, 0.3) is 6.08 Å². The fraction of sp³-hybridized carbons (Fsp3) is 0.318. The number of amides is 1. The molecule has 3 heteroatoms. The maximum Gasteiger partial charge on any atom is 0.244 e. The third-order valence-electron chi connectivity index (χ3n) is 3.93. The molecule has 0 aromatic heterocycles. The average Bonchev–Trinajstić information content (AvgIpc) is 2.60. The molecule has 1 amide bonds. The van der Waals surface area contributed by atoms with Crippen molar-refractivity contribution in [2.24, 2.45) is 0 Å². The summed E-state index contributed by atoms with van der Waals surface area (Å²) in [5, 5.41) is 2.99. The van der Waals surface area contributed by atoms with Gasteiger partial charge in [0.25, 0.3) is 0 Å². The number of rotatable bonds is 7. The summed E-state index contributed by atoms with van der Waals surface area (Å²) in [7, 11) is 0. The first kappa shape index (κ1) is 18.8. The van der Waals surface area contributed by atoms with Crippen molar-refractivity contribution in [3.05, 3.63) is 71.3 Å². The highest BCUT2D eigenvalue weighted by atomic mass is 16.5. The van der Waals surface area contributed by atoms with Crippen LogP contribution in [-0.2, 0) is 11.2 Å². The second-order valence-corrected chi connectivity index (χ2v) is 6.39. The molecule has 0 spiro atoms. The lowest BCUT2D eigenvalue weighted by molar-refractivity contribution is -0.117. The number of carbonyl (C=O) groups is 1. The van der Waals surface area contributed by atoms with Crippen molar-refractivity contribution in [1.82, 2.24) is 5.32 Å². The van der Waals surface area contributed by atoms with Gasteiger partial charge in [-0.1, -0.05) is 43.3 Å². The highest BCUT2D eigenvalue weighted by molar-refractivity contribution is 5.91. The van der Waals surface area contributed by atoms with E-state index in [1.165, 1.54) is 5.56 Å². The molecule has 2 rings (SSSR count). The molecule has 2 aromatic carbocycles. The molecule has 3 nitrogen and oxygen atoms in total. The summed E-state index contributed by atoms with van der Waals surface area (Å²) in [6.45, 7) is 8.11. The molecule has 0 aliphatic rings. The van der Waals surface area contributed by atoms with Gasteiger partial charge < -0.3 is 10.1 Å². The fourth-order valence-electron chi connectivity index (χ4n) is 2.49. The molecule has 0 heterocycles. The van der Waals surface area contributed by atoms with Crippen molar-refractivity contribution in [3.63, 3.8) is 0 Å². The smallest absolute Gasteiger partial charge is 0.244 e. The molecule has 1 unspecified atom stereocenters. The first-order valence-corrected chi connectivity index (χ1v) is 8.82. The number of carbonyl (C=O) groups excluding carboxylic acids is 1. The number of aryl methyl sites for hydroxylation is 1. The van der Waals surface area contributed by atoms with E-state index in [-0.39, 0.29) is 18.1 Å². The predicted molar refractivity (Wildman–Crippen MR) is 104 cm³/mol. The Morgan fingerprint density at radius 1 is 1.04 bits per heavy atom. The molecule has 0 aliphatic carbocycles. The minimum absolute atomic E-state index is 0.0233.